The van der Waals surface area contributed by atoms with Gasteiger partial charge in [0.25, 0.3) is 0 Å². The maximum Gasteiger partial charge on any atom is 0.248 e. The Labute approximate surface area is 81.7 Å². The molecule has 0 bridgehead atoms. The number of aryl methyl sites for hydroxylation is 1. The molecule has 0 atom stereocenters. The lowest BCUT2D eigenvalue weighted by atomic mass is 10.0. The van der Waals surface area contributed by atoms with Gasteiger partial charge in [-0.3, -0.25) is 9.59 Å². The molecule has 0 saturated heterocycles. The summed E-state index contributed by atoms with van der Waals surface area (Å²) in [5, 5.41) is 0. The van der Waals surface area contributed by atoms with Crippen LogP contribution < -0.4 is 10.5 Å². The molecule has 0 aliphatic heterocycles. The highest BCUT2D eigenvalue weighted by Gasteiger charge is 2.10. The lowest BCUT2D eigenvalue weighted by molar-refractivity contribution is 0.0999. The second-order valence-corrected chi connectivity index (χ2v) is 2.89. The molecule has 0 heterocycles. The Morgan fingerprint density at radius 3 is 2.57 bits per heavy atom. The van der Waals surface area contributed by atoms with E-state index in [4.69, 9.17) is 10.5 Å². The van der Waals surface area contributed by atoms with Gasteiger partial charge in [-0.15, -0.1) is 0 Å². The van der Waals surface area contributed by atoms with Crippen molar-refractivity contribution < 1.29 is 14.3 Å². The van der Waals surface area contributed by atoms with Crippen LogP contribution in [0.5, 0.6) is 5.75 Å². The fraction of sp³-hybridized carbons (Fsp3) is 0.200. The summed E-state index contributed by atoms with van der Waals surface area (Å²) in [7, 11) is 1.46. The lowest BCUT2D eigenvalue weighted by Crippen LogP contribution is -2.13. The van der Waals surface area contributed by atoms with Gasteiger partial charge < -0.3 is 10.5 Å². The van der Waals surface area contributed by atoms with Crippen LogP contribution in [0, 0.1) is 6.92 Å². The van der Waals surface area contributed by atoms with Crippen LogP contribution in [-0.2, 0) is 0 Å². The largest absolute Gasteiger partial charge is 0.496 e. The zero-order chi connectivity index (χ0) is 10.7. The second-order valence-electron chi connectivity index (χ2n) is 2.89. The molecular formula is C10H11NO3. The quantitative estimate of drug-likeness (QED) is 0.725. The van der Waals surface area contributed by atoms with E-state index in [-0.39, 0.29) is 0 Å². The number of aldehydes is 1. The summed E-state index contributed by atoms with van der Waals surface area (Å²) in [6.45, 7) is 1.73. The van der Waals surface area contributed by atoms with Crippen LogP contribution in [0.3, 0.4) is 0 Å². The molecule has 1 aromatic rings. The third-order valence-corrected chi connectivity index (χ3v) is 1.97. The Bertz CT molecular complexity index is 385. The van der Waals surface area contributed by atoms with Crippen molar-refractivity contribution in [1.82, 2.24) is 0 Å². The number of hydrogen-bond donors (Lipinski definition) is 1. The Balaban J connectivity index is 3.37. The SMILES string of the molecule is COc1cc(C)c(C(N)=O)cc1C=O. The Hall–Kier alpha value is -1.84. The second kappa shape index (κ2) is 3.91. The number of nitrogens with two attached hydrogens (primary N) is 1. The van der Waals surface area contributed by atoms with E-state index in [0.29, 0.717) is 28.7 Å². The highest BCUT2D eigenvalue weighted by atomic mass is 16.5. The van der Waals surface area contributed by atoms with Crippen molar-refractivity contribution >= 4 is 12.2 Å². The first-order valence-corrected chi connectivity index (χ1v) is 4.03. The zero-order valence-electron chi connectivity index (χ0n) is 8.03. The van der Waals surface area contributed by atoms with Gasteiger partial charge in [0.05, 0.1) is 12.7 Å². The molecule has 0 unspecified atom stereocenters. The van der Waals surface area contributed by atoms with Crippen LogP contribution in [0.2, 0.25) is 0 Å². The molecule has 0 saturated carbocycles. The molecule has 0 radical (unpaired) electrons. The maximum atomic E-state index is 11.0. The first-order chi connectivity index (χ1) is 6.60. The van der Waals surface area contributed by atoms with Crippen LogP contribution >= 0.6 is 0 Å². The predicted octanol–water partition coefficient (Wildman–Crippen LogP) is 0.915. The van der Waals surface area contributed by atoms with E-state index < -0.39 is 5.91 Å². The predicted molar refractivity (Wildman–Crippen MR) is 51.6 cm³/mol. The van der Waals surface area contributed by atoms with Crippen LogP contribution in [0.1, 0.15) is 26.3 Å². The Kier molecular flexibility index (Phi) is 2.86. The number of hydrogen-bond acceptors (Lipinski definition) is 3. The third kappa shape index (κ3) is 1.74. The summed E-state index contributed by atoms with van der Waals surface area (Å²) in [4.78, 5) is 21.6. The molecule has 0 aliphatic carbocycles. The van der Waals surface area contributed by atoms with Gasteiger partial charge in [-0.1, -0.05) is 0 Å². The molecule has 0 spiro atoms. The van der Waals surface area contributed by atoms with Gasteiger partial charge in [-0.25, -0.2) is 0 Å². The average Bonchev–Trinajstić information content (AvgIpc) is 2.16. The number of methoxy groups -OCH3 is 1. The number of primary amides is 1. The molecule has 14 heavy (non-hydrogen) atoms. The molecule has 1 aromatic carbocycles. The number of carbonyl (C=O) groups is 2. The zero-order valence-corrected chi connectivity index (χ0v) is 8.03. The minimum Gasteiger partial charge on any atom is -0.496 e. The molecule has 74 valence electrons. The van der Waals surface area contributed by atoms with Crippen molar-refractivity contribution in [1.29, 1.82) is 0 Å². The molecule has 4 nitrogen and oxygen atoms in total. The van der Waals surface area contributed by atoms with Gasteiger partial charge in [-0.2, -0.15) is 0 Å². The van der Waals surface area contributed by atoms with E-state index in [1.54, 1.807) is 13.0 Å². The van der Waals surface area contributed by atoms with E-state index in [9.17, 15) is 9.59 Å². The molecule has 2 N–H and O–H groups in total. The van der Waals surface area contributed by atoms with Gasteiger partial charge in [0.15, 0.2) is 6.29 Å². The van der Waals surface area contributed by atoms with Crippen molar-refractivity contribution in [3.05, 3.63) is 28.8 Å². The fourth-order valence-corrected chi connectivity index (χ4v) is 1.23. The topological polar surface area (TPSA) is 69.4 Å². The maximum absolute atomic E-state index is 11.0. The smallest absolute Gasteiger partial charge is 0.248 e. The summed E-state index contributed by atoms with van der Waals surface area (Å²) < 4.78 is 4.97. The third-order valence-electron chi connectivity index (χ3n) is 1.97. The minimum atomic E-state index is -0.548. The monoisotopic (exact) mass is 193 g/mol. The van der Waals surface area contributed by atoms with Gasteiger partial charge in [-0.05, 0) is 24.6 Å². The number of ether oxygens (including phenoxy) is 1. The van der Waals surface area contributed by atoms with E-state index >= 15 is 0 Å². The van der Waals surface area contributed by atoms with E-state index in [1.165, 1.54) is 13.2 Å². The molecule has 1 amide bonds. The Morgan fingerprint density at radius 2 is 2.14 bits per heavy atom. The molecule has 0 aromatic heterocycles. The summed E-state index contributed by atoms with van der Waals surface area (Å²) in [5.74, 6) is -0.101. The number of benzene rings is 1. The summed E-state index contributed by atoms with van der Waals surface area (Å²) in [6, 6.07) is 3.05. The van der Waals surface area contributed by atoms with Crippen LogP contribution in [-0.4, -0.2) is 19.3 Å². The first-order valence-electron chi connectivity index (χ1n) is 4.03. The molecule has 4 heteroatoms. The van der Waals surface area contributed by atoms with Gasteiger partial charge in [0.2, 0.25) is 5.91 Å². The summed E-state index contributed by atoms with van der Waals surface area (Å²) in [6.07, 6.45) is 0.630. The fourth-order valence-electron chi connectivity index (χ4n) is 1.23. The van der Waals surface area contributed by atoms with E-state index in [1.807, 2.05) is 0 Å². The summed E-state index contributed by atoms with van der Waals surface area (Å²) in [5.41, 5.74) is 6.49. The van der Waals surface area contributed by atoms with Crippen molar-refractivity contribution in [2.24, 2.45) is 5.73 Å². The van der Waals surface area contributed by atoms with Crippen LogP contribution in [0.15, 0.2) is 12.1 Å². The van der Waals surface area contributed by atoms with Crippen molar-refractivity contribution in [3.63, 3.8) is 0 Å². The Morgan fingerprint density at radius 1 is 1.50 bits per heavy atom. The standard InChI is InChI=1S/C10H11NO3/c1-6-3-9(14-2)7(5-12)4-8(6)10(11)13/h3-5H,1-2H3,(H2,11,13). The molecule has 0 aliphatic rings. The van der Waals surface area contributed by atoms with Crippen molar-refractivity contribution in [3.8, 4) is 5.75 Å². The number of carbonyl (C=O) groups excluding carboxylic acids is 2. The first kappa shape index (κ1) is 10.2. The van der Waals surface area contributed by atoms with Gasteiger partial charge >= 0.3 is 0 Å². The van der Waals surface area contributed by atoms with Crippen molar-refractivity contribution in [2.75, 3.05) is 7.11 Å². The highest BCUT2D eigenvalue weighted by Crippen LogP contribution is 2.21. The minimum absolute atomic E-state index is 0.326. The van der Waals surface area contributed by atoms with E-state index in [2.05, 4.69) is 0 Å². The van der Waals surface area contributed by atoms with Crippen LogP contribution in [0.25, 0.3) is 0 Å². The highest BCUT2D eigenvalue weighted by molar-refractivity contribution is 5.96. The van der Waals surface area contributed by atoms with Crippen LogP contribution in [0.4, 0.5) is 0 Å². The summed E-state index contributed by atoms with van der Waals surface area (Å²) >= 11 is 0. The lowest BCUT2D eigenvalue weighted by Gasteiger charge is -2.07. The van der Waals surface area contributed by atoms with E-state index in [0.717, 1.165) is 0 Å². The number of amides is 1. The molecular weight excluding hydrogens is 182 g/mol. The normalized spacial score (nSPS) is 9.57. The number of rotatable bonds is 3. The van der Waals surface area contributed by atoms with Gasteiger partial charge in [0.1, 0.15) is 5.75 Å². The van der Waals surface area contributed by atoms with Crippen molar-refractivity contribution in [2.45, 2.75) is 6.92 Å². The molecule has 1 rings (SSSR count). The molecule has 0 fully saturated rings. The average molecular weight is 193 g/mol. The van der Waals surface area contributed by atoms with Gasteiger partial charge in [0, 0.05) is 5.56 Å².